The van der Waals surface area contributed by atoms with Crippen molar-refractivity contribution in [1.82, 2.24) is 4.90 Å². The number of nitrogens with zero attached hydrogens (tertiary/aromatic N) is 1. The van der Waals surface area contributed by atoms with E-state index in [1.54, 1.807) is 0 Å². The quantitative estimate of drug-likeness (QED) is 0.782. The number of hydrogen-bond acceptors (Lipinski definition) is 4. The summed E-state index contributed by atoms with van der Waals surface area (Å²) < 4.78 is 11.5. The Balaban J connectivity index is 0.00000243. The van der Waals surface area contributed by atoms with E-state index in [2.05, 4.69) is 0 Å². The highest BCUT2D eigenvalue weighted by Gasteiger charge is 2.27. The molecule has 140 valence electrons. The van der Waals surface area contributed by atoms with E-state index in [9.17, 15) is 9.90 Å². The number of ether oxygens (including phenoxy) is 2. The van der Waals surface area contributed by atoms with Gasteiger partial charge in [0.15, 0.2) is 0 Å². The number of para-hydroxylation sites is 1. The molecular weight excluding hydrogens is 354 g/mol. The average molecular weight is 378 g/mol. The predicted octanol–water partition coefficient (Wildman–Crippen LogP) is 4.22. The molecule has 6 heteroatoms. The lowest BCUT2D eigenvalue weighted by Crippen LogP contribution is -2.46. The summed E-state index contributed by atoms with van der Waals surface area (Å²) in [4.78, 5) is 13.3. The Bertz CT molecular complexity index is 678. The van der Waals surface area contributed by atoms with Gasteiger partial charge in [0.2, 0.25) is 0 Å². The second-order valence-electron chi connectivity index (χ2n) is 6.12. The first-order chi connectivity index (χ1) is 12.2. The second kappa shape index (κ2) is 10.0. The van der Waals surface area contributed by atoms with Gasteiger partial charge in [0.25, 0.3) is 0 Å². The first-order valence-corrected chi connectivity index (χ1v) is 8.65. The third kappa shape index (κ3) is 5.64. The Labute approximate surface area is 159 Å². The summed E-state index contributed by atoms with van der Waals surface area (Å²) in [6.07, 6.45) is 2.76. The van der Waals surface area contributed by atoms with Crippen molar-refractivity contribution >= 4 is 18.4 Å². The number of aliphatic carboxylic acids is 1. The van der Waals surface area contributed by atoms with Gasteiger partial charge in [-0.05, 0) is 55.8 Å². The maximum Gasteiger partial charge on any atom is 0.320 e. The summed E-state index contributed by atoms with van der Waals surface area (Å²) in [7, 11) is 0. The minimum absolute atomic E-state index is 0. The van der Waals surface area contributed by atoms with Crippen LogP contribution in [0.25, 0.3) is 0 Å². The zero-order chi connectivity index (χ0) is 17.5. The molecule has 3 rings (SSSR count). The molecule has 0 aromatic heterocycles. The highest BCUT2D eigenvalue weighted by Crippen LogP contribution is 2.23. The second-order valence-corrected chi connectivity index (χ2v) is 6.12. The monoisotopic (exact) mass is 377 g/mol. The third-order valence-corrected chi connectivity index (χ3v) is 4.35. The molecule has 0 aliphatic carbocycles. The van der Waals surface area contributed by atoms with E-state index in [1.807, 2.05) is 59.5 Å². The van der Waals surface area contributed by atoms with Gasteiger partial charge in [-0.15, -0.1) is 12.4 Å². The van der Waals surface area contributed by atoms with Crippen LogP contribution < -0.4 is 9.47 Å². The highest BCUT2D eigenvalue weighted by atomic mass is 35.5. The van der Waals surface area contributed by atoms with Crippen molar-refractivity contribution in [2.24, 2.45) is 0 Å². The van der Waals surface area contributed by atoms with Gasteiger partial charge in [-0.1, -0.05) is 24.6 Å². The Kier molecular flexibility index (Phi) is 7.75. The fourth-order valence-electron chi connectivity index (χ4n) is 3.05. The zero-order valence-electron chi connectivity index (χ0n) is 14.5. The van der Waals surface area contributed by atoms with Crippen molar-refractivity contribution in [1.29, 1.82) is 0 Å². The molecule has 26 heavy (non-hydrogen) atoms. The molecule has 1 aliphatic heterocycles. The van der Waals surface area contributed by atoms with E-state index in [0.717, 1.165) is 43.1 Å². The molecular formula is C20H24ClNO4. The number of rotatable bonds is 7. The summed E-state index contributed by atoms with van der Waals surface area (Å²) in [5, 5.41) is 9.28. The lowest BCUT2D eigenvalue weighted by Gasteiger charge is -2.32. The molecule has 0 bridgehead atoms. The molecule has 0 amide bonds. The van der Waals surface area contributed by atoms with Crippen LogP contribution in [0.1, 0.15) is 19.3 Å². The van der Waals surface area contributed by atoms with Crippen LogP contribution in [-0.2, 0) is 4.79 Å². The molecule has 1 atom stereocenters. The highest BCUT2D eigenvalue weighted by molar-refractivity contribution is 5.85. The lowest BCUT2D eigenvalue weighted by molar-refractivity contribution is -0.144. The van der Waals surface area contributed by atoms with Gasteiger partial charge in [0.05, 0.1) is 0 Å². The molecule has 0 saturated carbocycles. The van der Waals surface area contributed by atoms with Crippen molar-refractivity contribution in [3.63, 3.8) is 0 Å². The first-order valence-electron chi connectivity index (χ1n) is 8.65. The van der Waals surface area contributed by atoms with Gasteiger partial charge < -0.3 is 14.6 Å². The van der Waals surface area contributed by atoms with Crippen molar-refractivity contribution in [3.05, 3.63) is 54.6 Å². The van der Waals surface area contributed by atoms with Crippen LogP contribution in [0.4, 0.5) is 0 Å². The number of benzene rings is 2. The Morgan fingerprint density at radius 3 is 2.35 bits per heavy atom. The van der Waals surface area contributed by atoms with Crippen molar-refractivity contribution in [2.45, 2.75) is 25.3 Å². The zero-order valence-corrected chi connectivity index (χ0v) is 15.4. The lowest BCUT2D eigenvalue weighted by atomic mass is 10.0. The van der Waals surface area contributed by atoms with Crippen LogP contribution in [0, 0.1) is 0 Å². The minimum Gasteiger partial charge on any atom is -0.492 e. The van der Waals surface area contributed by atoms with Crippen molar-refractivity contribution < 1.29 is 19.4 Å². The van der Waals surface area contributed by atoms with Gasteiger partial charge in [-0.3, -0.25) is 9.69 Å². The fourth-order valence-corrected chi connectivity index (χ4v) is 3.05. The Morgan fingerprint density at radius 2 is 1.65 bits per heavy atom. The predicted molar refractivity (Wildman–Crippen MR) is 103 cm³/mol. The van der Waals surface area contributed by atoms with Crippen LogP contribution in [0.2, 0.25) is 0 Å². The van der Waals surface area contributed by atoms with Gasteiger partial charge in [-0.2, -0.15) is 0 Å². The van der Waals surface area contributed by atoms with E-state index >= 15 is 0 Å². The summed E-state index contributed by atoms with van der Waals surface area (Å²) in [6, 6.07) is 16.7. The van der Waals surface area contributed by atoms with Crippen molar-refractivity contribution in [3.8, 4) is 17.2 Å². The van der Waals surface area contributed by atoms with Crippen LogP contribution in [0.5, 0.6) is 17.2 Å². The van der Waals surface area contributed by atoms with Crippen LogP contribution in [-0.4, -0.2) is 41.7 Å². The number of carbonyl (C=O) groups is 1. The molecule has 5 nitrogen and oxygen atoms in total. The molecule has 0 spiro atoms. The van der Waals surface area contributed by atoms with Gasteiger partial charge >= 0.3 is 5.97 Å². The number of hydrogen-bond donors (Lipinski definition) is 1. The number of carboxylic acids is 1. The molecule has 1 fully saturated rings. The SMILES string of the molecule is Cl.O=C(O)C1CCCCN1CCOc1ccc(Oc2ccccc2)cc1. The van der Waals surface area contributed by atoms with Crippen molar-refractivity contribution in [2.75, 3.05) is 19.7 Å². The maximum absolute atomic E-state index is 11.3. The van der Waals surface area contributed by atoms with Crippen LogP contribution >= 0.6 is 12.4 Å². The topological polar surface area (TPSA) is 59.0 Å². The Morgan fingerprint density at radius 1 is 1.00 bits per heavy atom. The molecule has 1 unspecified atom stereocenters. The van der Waals surface area contributed by atoms with E-state index < -0.39 is 5.97 Å². The number of piperidine rings is 1. The van der Waals surface area contributed by atoms with E-state index in [4.69, 9.17) is 9.47 Å². The third-order valence-electron chi connectivity index (χ3n) is 4.35. The molecule has 1 aliphatic rings. The maximum atomic E-state index is 11.3. The average Bonchev–Trinajstić information content (AvgIpc) is 2.64. The number of halogens is 1. The molecule has 0 radical (unpaired) electrons. The standard InChI is InChI=1S/C20H23NO4.ClH/c22-20(23)19-8-4-5-13-21(19)14-15-24-16-9-11-18(12-10-16)25-17-6-2-1-3-7-17;/h1-3,6-7,9-12,19H,4-5,8,13-15H2,(H,22,23);1H. The molecule has 1 N–H and O–H groups in total. The smallest absolute Gasteiger partial charge is 0.320 e. The van der Waals surface area contributed by atoms with Gasteiger partial charge in [0.1, 0.15) is 29.9 Å². The fraction of sp³-hybridized carbons (Fsp3) is 0.350. The summed E-state index contributed by atoms with van der Waals surface area (Å²) >= 11 is 0. The number of likely N-dealkylation sites (tertiary alicyclic amines) is 1. The van der Waals surface area contributed by atoms with Crippen LogP contribution in [0.3, 0.4) is 0 Å². The van der Waals surface area contributed by atoms with Gasteiger partial charge in [-0.25, -0.2) is 0 Å². The molecule has 2 aromatic rings. The number of carboxylic acid groups (broad SMARTS) is 1. The molecule has 1 heterocycles. The molecule has 2 aromatic carbocycles. The summed E-state index contributed by atoms with van der Waals surface area (Å²) in [5.74, 6) is 1.56. The largest absolute Gasteiger partial charge is 0.492 e. The minimum atomic E-state index is -0.734. The van der Waals surface area contributed by atoms with E-state index in [-0.39, 0.29) is 18.4 Å². The van der Waals surface area contributed by atoms with E-state index in [1.165, 1.54) is 0 Å². The van der Waals surface area contributed by atoms with Crippen LogP contribution in [0.15, 0.2) is 54.6 Å². The summed E-state index contributed by atoms with van der Waals surface area (Å²) in [6.45, 7) is 1.92. The summed E-state index contributed by atoms with van der Waals surface area (Å²) in [5.41, 5.74) is 0. The van der Waals surface area contributed by atoms with Gasteiger partial charge in [0, 0.05) is 6.54 Å². The Hall–Kier alpha value is -2.24. The first kappa shape index (κ1) is 20.1. The normalized spacial score (nSPS) is 17.2. The molecule has 1 saturated heterocycles. The van der Waals surface area contributed by atoms with E-state index in [0.29, 0.717) is 13.2 Å².